The second-order valence-electron chi connectivity index (χ2n) is 7.33. The fourth-order valence-corrected chi connectivity index (χ4v) is 4.16. The maximum absolute atomic E-state index is 5.12. The summed E-state index contributed by atoms with van der Waals surface area (Å²) in [5.74, 6) is 2.36. The SMILES string of the molecule is CCN(Cc1noc(C)n1)[C@@H]1CCCN(C[C@@H]2CC=CCC2)CC1. The van der Waals surface area contributed by atoms with Gasteiger partial charge in [0, 0.05) is 19.5 Å². The predicted molar refractivity (Wildman–Crippen MR) is 95.7 cm³/mol. The van der Waals surface area contributed by atoms with Gasteiger partial charge in [0.1, 0.15) is 0 Å². The first-order valence-corrected chi connectivity index (χ1v) is 9.65. The number of likely N-dealkylation sites (tertiary alicyclic amines) is 1. The van der Waals surface area contributed by atoms with Crippen molar-refractivity contribution in [3.05, 3.63) is 23.9 Å². The van der Waals surface area contributed by atoms with E-state index >= 15 is 0 Å². The van der Waals surface area contributed by atoms with Crippen molar-refractivity contribution in [2.45, 2.75) is 65.0 Å². The smallest absolute Gasteiger partial charge is 0.223 e. The molecule has 1 aromatic heterocycles. The Labute approximate surface area is 146 Å². The fourth-order valence-electron chi connectivity index (χ4n) is 4.16. The Hall–Kier alpha value is -1.20. The molecule has 2 aliphatic rings. The highest BCUT2D eigenvalue weighted by Gasteiger charge is 2.24. The topological polar surface area (TPSA) is 45.4 Å². The van der Waals surface area contributed by atoms with Crippen LogP contribution in [-0.2, 0) is 6.54 Å². The molecule has 0 saturated carbocycles. The Morgan fingerprint density at radius 2 is 2.17 bits per heavy atom. The summed E-state index contributed by atoms with van der Waals surface area (Å²) in [5.41, 5.74) is 0. The number of aromatic nitrogens is 2. The van der Waals surface area contributed by atoms with E-state index in [2.05, 4.69) is 39.0 Å². The average Bonchev–Trinajstić information content (AvgIpc) is 2.87. The summed E-state index contributed by atoms with van der Waals surface area (Å²) in [6.07, 6.45) is 12.5. The lowest BCUT2D eigenvalue weighted by Gasteiger charge is -2.29. The van der Waals surface area contributed by atoms with Crippen LogP contribution in [0, 0.1) is 12.8 Å². The van der Waals surface area contributed by atoms with Crippen molar-refractivity contribution in [3.8, 4) is 0 Å². The van der Waals surface area contributed by atoms with Crippen LogP contribution in [0.15, 0.2) is 16.7 Å². The van der Waals surface area contributed by atoms with Crippen LogP contribution in [0.2, 0.25) is 0 Å². The molecule has 134 valence electrons. The van der Waals surface area contributed by atoms with Crippen molar-refractivity contribution in [2.24, 2.45) is 5.92 Å². The monoisotopic (exact) mass is 332 g/mol. The van der Waals surface area contributed by atoms with Crippen LogP contribution in [0.25, 0.3) is 0 Å². The average molecular weight is 332 g/mol. The molecule has 1 aliphatic carbocycles. The highest BCUT2D eigenvalue weighted by Crippen LogP contribution is 2.23. The van der Waals surface area contributed by atoms with E-state index in [0.29, 0.717) is 11.9 Å². The Morgan fingerprint density at radius 3 is 2.88 bits per heavy atom. The van der Waals surface area contributed by atoms with E-state index in [1.807, 2.05) is 6.92 Å². The second kappa shape index (κ2) is 8.77. The normalized spacial score (nSPS) is 26.0. The lowest BCUT2D eigenvalue weighted by molar-refractivity contribution is 0.168. The third-order valence-electron chi connectivity index (χ3n) is 5.52. The molecule has 0 radical (unpaired) electrons. The lowest BCUT2D eigenvalue weighted by atomic mass is 9.94. The molecule has 3 rings (SSSR count). The fraction of sp³-hybridized carbons (Fsp3) is 0.789. The van der Waals surface area contributed by atoms with Crippen LogP contribution in [0.5, 0.6) is 0 Å². The molecule has 5 nitrogen and oxygen atoms in total. The zero-order valence-electron chi connectivity index (χ0n) is 15.3. The highest BCUT2D eigenvalue weighted by atomic mass is 16.5. The molecule has 5 heteroatoms. The standard InChI is InChI=1S/C19H32N4O/c1-3-23(15-19-20-16(2)24-21-19)18-10-7-12-22(13-11-18)14-17-8-5-4-6-9-17/h4-5,17-18H,3,6-15H2,1-2H3/t17-,18-/m1/s1. The van der Waals surface area contributed by atoms with Gasteiger partial charge in [0.05, 0.1) is 6.54 Å². The van der Waals surface area contributed by atoms with Crippen molar-refractivity contribution < 1.29 is 4.52 Å². The molecule has 0 bridgehead atoms. The molecule has 24 heavy (non-hydrogen) atoms. The zero-order chi connectivity index (χ0) is 16.8. The van der Waals surface area contributed by atoms with E-state index < -0.39 is 0 Å². The van der Waals surface area contributed by atoms with Crippen molar-refractivity contribution >= 4 is 0 Å². The summed E-state index contributed by atoms with van der Waals surface area (Å²) in [4.78, 5) is 9.60. The first kappa shape index (κ1) is 17.6. The van der Waals surface area contributed by atoms with Gasteiger partial charge in [0.25, 0.3) is 0 Å². The zero-order valence-corrected chi connectivity index (χ0v) is 15.3. The number of rotatable bonds is 6. The van der Waals surface area contributed by atoms with E-state index in [9.17, 15) is 0 Å². The van der Waals surface area contributed by atoms with Crippen molar-refractivity contribution in [1.82, 2.24) is 19.9 Å². The van der Waals surface area contributed by atoms with Gasteiger partial charge in [-0.1, -0.05) is 24.2 Å². The molecule has 1 aromatic rings. The number of allylic oxidation sites excluding steroid dienone is 2. The van der Waals surface area contributed by atoms with E-state index in [-0.39, 0.29) is 0 Å². The van der Waals surface area contributed by atoms with Crippen LogP contribution in [0.3, 0.4) is 0 Å². The molecule has 0 amide bonds. The van der Waals surface area contributed by atoms with Gasteiger partial charge in [0.2, 0.25) is 5.89 Å². The number of hydrogen-bond donors (Lipinski definition) is 0. The number of nitrogens with zero attached hydrogens (tertiary/aromatic N) is 4. The Kier molecular flexibility index (Phi) is 6.44. The van der Waals surface area contributed by atoms with Gasteiger partial charge in [-0.3, -0.25) is 4.90 Å². The van der Waals surface area contributed by atoms with Crippen molar-refractivity contribution in [2.75, 3.05) is 26.2 Å². The molecule has 2 heterocycles. The summed E-state index contributed by atoms with van der Waals surface area (Å²) < 4.78 is 5.12. The van der Waals surface area contributed by atoms with E-state index in [1.54, 1.807) is 0 Å². The molecule has 0 aromatic carbocycles. The summed E-state index contributed by atoms with van der Waals surface area (Å²) in [5, 5.41) is 4.07. The minimum absolute atomic E-state index is 0.644. The van der Waals surface area contributed by atoms with Gasteiger partial charge in [-0.25, -0.2) is 0 Å². The minimum atomic E-state index is 0.644. The van der Waals surface area contributed by atoms with E-state index in [0.717, 1.165) is 24.8 Å². The summed E-state index contributed by atoms with van der Waals surface area (Å²) >= 11 is 0. The molecular formula is C19H32N4O. The summed E-state index contributed by atoms with van der Waals surface area (Å²) in [6.45, 7) is 9.73. The number of aryl methyl sites for hydroxylation is 1. The Balaban J connectivity index is 1.50. The molecule has 0 spiro atoms. The van der Waals surface area contributed by atoms with Crippen LogP contribution < -0.4 is 0 Å². The molecule has 0 N–H and O–H groups in total. The molecule has 1 fully saturated rings. The highest BCUT2D eigenvalue weighted by molar-refractivity contribution is 4.91. The molecular weight excluding hydrogens is 300 g/mol. The van der Waals surface area contributed by atoms with Gasteiger partial charge < -0.3 is 9.42 Å². The first-order chi connectivity index (χ1) is 11.7. The number of hydrogen-bond acceptors (Lipinski definition) is 5. The molecule has 2 atom stereocenters. The minimum Gasteiger partial charge on any atom is -0.340 e. The van der Waals surface area contributed by atoms with Crippen molar-refractivity contribution in [1.29, 1.82) is 0 Å². The summed E-state index contributed by atoms with van der Waals surface area (Å²) in [6, 6.07) is 0.644. The van der Waals surface area contributed by atoms with Gasteiger partial charge in [0.15, 0.2) is 5.82 Å². The maximum Gasteiger partial charge on any atom is 0.223 e. The van der Waals surface area contributed by atoms with E-state index in [4.69, 9.17) is 4.52 Å². The lowest BCUT2D eigenvalue weighted by Crippen LogP contribution is -2.36. The molecule has 1 aliphatic heterocycles. The van der Waals surface area contributed by atoms with Crippen LogP contribution >= 0.6 is 0 Å². The molecule has 1 saturated heterocycles. The maximum atomic E-state index is 5.12. The van der Waals surface area contributed by atoms with Gasteiger partial charge >= 0.3 is 0 Å². The largest absolute Gasteiger partial charge is 0.340 e. The van der Waals surface area contributed by atoms with Crippen LogP contribution in [-0.4, -0.2) is 52.2 Å². The Morgan fingerprint density at radius 1 is 1.25 bits per heavy atom. The van der Waals surface area contributed by atoms with Gasteiger partial charge in [-0.05, 0) is 64.1 Å². The van der Waals surface area contributed by atoms with E-state index in [1.165, 1.54) is 58.2 Å². The van der Waals surface area contributed by atoms with Crippen LogP contribution in [0.1, 0.15) is 57.2 Å². The quantitative estimate of drug-likeness (QED) is 0.747. The molecule has 0 unspecified atom stereocenters. The third kappa shape index (κ3) is 4.90. The Bertz CT molecular complexity index is 527. The third-order valence-corrected chi connectivity index (χ3v) is 5.52. The predicted octanol–water partition coefficient (Wildman–Crippen LogP) is 3.41. The van der Waals surface area contributed by atoms with Crippen molar-refractivity contribution in [3.63, 3.8) is 0 Å². The van der Waals surface area contributed by atoms with Gasteiger partial charge in [-0.15, -0.1) is 0 Å². The first-order valence-electron chi connectivity index (χ1n) is 9.65. The van der Waals surface area contributed by atoms with Gasteiger partial charge in [-0.2, -0.15) is 4.98 Å². The summed E-state index contributed by atoms with van der Waals surface area (Å²) in [7, 11) is 0. The van der Waals surface area contributed by atoms with Crippen LogP contribution in [0.4, 0.5) is 0 Å². The second-order valence-corrected chi connectivity index (χ2v) is 7.33.